The van der Waals surface area contributed by atoms with Crippen LogP contribution in [0.2, 0.25) is 0 Å². The molecule has 19 heavy (non-hydrogen) atoms. The van der Waals surface area contributed by atoms with E-state index in [-0.39, 0.29) is 11.8 Å². The number of morpholine rings is 1. The molecule has 2 fully saturated rings. The highest BCUT2D eigenvalue weighted by molar-refractivity contribution is 5.93. The summed E-state index contributed by atoms with van der Waals surface area (Å²) in [7, 11) is 0. The van der Waals surface area contributed by atoms with Gasteiger partial charge in [-0.1, -0.05) is 0 Å². The molecule has 2 amide bonds. The molecule has 1 unspecified atom stereocenters. The maximum atomic E-state index is 12.0. The molecule has 0 spiro atoms. The summed E-state index contributed by atoms with van der Waals surface area (Å²) in [5.74, 6) is -2.53. The maximum Gasteiger partial charge on any atom is 0.307 e. The van der Waals surface area contributed by atoms with Crippen LogP contribution in [0.4, 0.5) is 0 Å². The third-order valence-electron chi connectivity index (χ3n) is 3.50. The van der Waals surface area contributed by atoms with Crippen molar-refractivity contribution in [3.63, 3.8) is 0 Å². The molecule has 0 aromatic carbocycles. The van der Waals surface area contributed by atoms with E-state index in [0.29, 0.717) is 32.7 Å². The lowest BCUT2D eigenvalue weighted by Crippen LogP contribution is -2.50. The monoisotopic (exact) mass is 270 g/mol. The van der Waals surface area contributed by atoms with Crippen molar-refractivity contribution in [3.05, 3.63) is 0 Å². The SMILES string of the molecule is CC(NC(=O)[C@@H]1C[C@@H]1C(=O)O)C(=O)N1CCOCC1. The van der Waals surface area contributed by atoms with Gasteiger partial charge in [0.2, 0.25) is 11.8 Å². The minimum Gasteiger partial charge on any atom is -0.481 e. The average molecular weight is 270 g/mol. The summed E-state index contributed by atoms with van der Waals surface area (Å²) in [6.45, 7) is 3.69. The number of amides is 2. The zero-order valence-corrected chi connectivity index (χ0v) is 10.8. The summed E-state index contributed by atoms with van der Waals surface area (Å²) >= 11 is 0. The molecule has 1 saturated carbocycles. The van der Waals surface area contributed by atoms with Gasteiger partial charge in [-0.3, -0.25) is 14.4 Å². The van der Waals surface area contributed by atoms with Crippen LogP contribution in [0.5, 0.6) is 0 Å². The van der Waals surface area contributed by atoms with Gasteiger partial charge in [-0.05, 0) is 13.3 Å². The molecular weight excluding hydrogens is 252 g/mol. The van der Waals surface area contributed by atoms with Crippen LogP contribution < -0.4 is 5.32 Å². The van der Waals surface area contributed by atoms with E-state index in [4.69, 9.17) is 9.84 Å². The third kappa shape index (κ3) is 3.23. The van der Waals surface area contributed by atoms with Gasteiger partial charge >= 0.3 is 5.97 Å². The lowest BCUT2D eigenvalue weighted by Gasteiger charge is -2.29. The topological polar surface area (TPSA) is 95.9 Å². The number of nitrogens with one attached hydrogen (secondary N) is 1. The summed E-state index contributed by atoms with van der Waals surface area (Å²) in [5, 5.41) is 11.3. The summed E-state index contributed by atoms with van der Waals surface area (Å²) in [5.41, 5.74) is 0. The second-order valence-electron chi connectivity index (χ2n) is 4.95. The first-order valence-electron chi connectivity index (χ1n) is 6.40. The predicted octanol–water partition coefficient (Wildman–Crippen LogP) is -0.929. The Morgan fingerprint density at radius 2 is 1.89 bits per heavy atom. The van der Waals surface area contributed by atoms with Gasteiger partial charge in [0.15, 0.2) is 0 Å². The van der Waals surface area contributed by atoms with E-state index in [9.17, 15) is 14.4 Å². The second-order valence-corrected chi connectivity index (χ2v) is 4.95. The highest BCUT2D eigenvalue weighted by atomic mass is 16.5. The molecule has 1 saturated heterocycles. The van der Waals surface area contributed by atoms with Gasteiger partial charge in [0, 0.05) is 13.1 Å². The average Bonchev–Trinajstić information content (AvgIpc) is 3.19. The maximum absolute atomic E-state index is 12.0. The molecule has 7 nitrogen and oxygen atoms in total. The Balaban J connectivity index is 1.80. The number of carbonyl (C=O) groups is 3. The first-order valence-corrected chi connectivity index (χ1v) is 6.40. The fourth-order valence-electron chi connectivity index (χ4n) is 2.20. The molecule has 2 aliphatic rings. The fourth-order valence-corrected chi connectivity index (χ4v) is 2.20. The Hall–Kier alpha value is -1.63. The van der Waals surface area contributed by atoms with Gasteiger partial charge in [-0.25, -0.2) is 0 Å². The first kappa shape index (κ1) is 13.8. The quantitative estimate of drug-likeness (QED) is 0.688. The second kappa shape index (κ2) is 5.56. The molecule has 7 heteroatoms. The number of hydrogen-bond donors (Lipinski definition) is 2. The summed E-state index contributed by atoms with van der Waals surface area (Å²) in [6.07, 6.45) is 0.361. The Morgan fingerprint density at radius 3 is 2.42 bits per heavy atom. The van der Waals surface area contributed by atoms with Crippen LogP contribution in [-0.2, 0) is 19.1 Å². The number of carboxylic acids is 1. The number of carbonyl (C=O) groups excluding carboxylic acids is 2. The number of rotatable bonds is 4. The van der Waals surface area contributed by atoms with Crippen molar-refractivity contribution in [1.82, 2.24) is 10.2 Å². The molecule has 0 aromatic rings. The Bertz CT molecular complexity index is 392. The molecule has 1 aliphatic carbocycles. The molecule has 2 rings (SSSR count). The van der Waals surface area contributed by atoms with Gasteiger partial charge in [0.1, 0.15) is 6.04 Å². The van der Waals surface area contributed by atoms with Crippen LogP contribution in [0, 0.1) is 11.8 Å². The number of nitrogens with zero attached hydrogens (tertiary/aromatic N) is 1. The lowest BCUT2D eigenvalue weighted by atomic mass is 10.2. The predicted molar refractivity (Wildman–Crippen MR) is 64.2 cm³/mol. The summed E-state index contributed by atoms with van der Waals surface area (Å²) in [4.78, 5) is 36.1. The highest BCUT2D eigenvalue weighted by Crippen LogP contribution is 2.38. The first-order chi connectivity index (χ1) is 9.00. The Labute approximate surface area is 110 Å². The van der Waals surface area contributed by atoms with E-state index in [1.807, 2.05) is 0 Å². The standard InChI is InChI=1S/C12H18N2O5/c1-7(11(16)14-2-4-19-5-3-14)13-10(15)8-6-9(8)12(17)18/h7-9H,2-6H2,1H3,(H,13,15)(H,17,18)/t7?,8-,9+/m1/s1. The zero-order valence-electron chi connectivity index (χ0n) is 10.8. The van der Waals surface area contributed by atoms with Crippen LogP contribution in [0.1, 0.15) is 13.3 Å². The largest absolute Gasteiger partial charge is 0.481 e. The molecular formula is C12H18N2O5. The van der Waals surface area contributed by atoms with Crippen LogP contribution in [0.3, 0.4) is 0 Å². The normalized spacial score (nSPS) is 27.5. The highest BCUT2D eigenvalue weighted by Gasteiger charge is 2.48. The molecule has 1 heterocycles. The number of aliphatic carboxylic acids is 1. The van der Waals surface area contributed by atoms with Gasteiger partial charge in [-0.15, -0.1) is 0 Å². The van der Waals surface area contributed by atoms with Crippen LogP contribution >= 0.6 is 0 Å². The van der Waals surface area contributed by atoms with E-state index in [1.165, 1.54) is 0 Å². The molecule has 0 radical (unpaired) electrons. The van der Waals surface area contributed by atoms with E-state index in [0.717, 1.165) is 0 Å². The smallest absolute Gasteiger partial charge is 0.307 e. The molecule has 0 bridgehead atoms. The molecule has 1 aliphatic heterocycles. The van der Waals surface area contributed by atoms with Crippen molar-refractivity contribution in [1.29, 1.82) is 0 Å². The minimum atomic E-state index is -0.952. The van der Waals surface area contributed by atoms with Gasteiger partial charge in [0.05, 0.1) is 25.0 Å². The van der Waals surface area contributed by atoms with Gasteiger partial charge < -0.3 is 20.1 Å². The molecule has 106 valence electrons. The molecule has 2 N–H and O–H groups in total. The summed E-state index contributed by atoms with van der Waals surface area (Å²) in [6, 6.07) is -0.624. The van der Waals surface area contributed by atoms with Crippen molar-refractivity contribution in [3.8, 4) is 0 Å². The van der Waals surface area contributed by atoms with Crippen molar-refractivity contribution in [2.75, 3.05) is 26.3 Å². The molecule has 0 aromatic heterocycles. The fraction of sp³-hybridized carbons (Fsp3) is 0.750. The van der Waals surface area contributed by atoms with E-state index in [2.05, 4.69) is 5.32 Å². The Morgan fingerprint density at radius 1 is 1.26 bits per heavy atom. The van der Waals surface area contributed by atoms with Gasteiger partial charge in [-0.2, -0.15) is 0 Å². The van der Waals surface area contributed by atoms with Crippen LogP contribution in [0.25, 0.3) is 0 Å². The lowest BCUT2D eigenvalue weighted by molar-refractivity contribution is -0.141. The zero-order chi connectivity index (χ0) is 14.0. The van der Waals surface area contributed by atoms with E-state index in [1.54, 1.807) is 11.8 Å². The number of hydrogen-bond acceptors (Lipinski definition) is 4. The third-order valence-corrected chi connectivity index (χ3v) is 3.50. The van der Waals surface area contributed by atoms with Crippen LogP contribution in [-0.4, -0.2) is 60.1 Å². The van der Waals surface area contributed by atoms with Crippen molar-refractivity contribution in [2.24, 2.45) is 11.8 Å². The minimum absolute atomic E-state index is 0.149. The van der Waals surface area contributed by atoms with Crippen molar-refractivity contribution in [2.45, 2.75) is 19.4 Å². The van der Waals surface area contributed by atoms with Crippen molar-refractivity contribution < 1.29 is 24.2 Å². The van der Waals surface area contributed by atoms with E-state index < -0.39 is 23.8 Å². The Kier molecular flexibility index (Phi) is 4.04. The van der Waals surface area contributed by atoms with Crippen molar-refractivity contribution >= 4 is 17.8 Å². The van der Waals surface area contributed by atoms with Gasteiger partial charge in [0.25, 0.3) is 0 Å². The number of ether oxygens (including phenoxy) is 1. The van der Waals surface area contributed by atoms with E-state index >= 15 is 0 Å². The van der Waals surface area contributed by atoms with Crippen LogP contribution in [0.15, 0.2) is 0 Å². The number of carboxylic acid groups (broad SMARTS) is 1. The molecule has 3 atom stereocenters. The summed E-state index contributed by atoms with van der Waals surface area (Å²) < 4.78 is 5.15.